The summed E-state index contributed by atoms with van der Waals surface area (Å²) in [5, 5.41) is 0. The van der Waals surface area contributed by atoms with E-state index >= 15 is 0 Å². The van der Waals surface area contributed by atoms with Crippen LogP contribution in [0, 0.1) is 5.82 Å². The number of carbonyl (C=O) groups is 1. The molecule has 0 saturated carbocycles. The standard InChI is InChI=1S/C22H20FNO5/c1-27-22(26)12-16-2-4-18(5-3-16)15-29-24-11-10-20(13-21(24)25)28-14-17-6-8-19(23)9-7-17/h2-11,13H,12,14-15H2,1H3. The molecule has 0 unspecified atom stereocenters. The summed E-state index contributed by atoms with van der Waals surface area (Å²) in [6, 6.07) is 16.2. The van der Waals surface area contributed by atoms with E-state index in [-0.39, 0.29) is 37.0 Å². The number of rotatable bonds is 8. The van der Waals surface area contributed by atoms with E-state index in [1.165, 1.54) is 31.5 Å². The van der Waals surface area contributed by atoms with Gasteiger partial charge in [0.05, 0.1) is 19.7 Å². The highest BCUT2D eigenvalue weighted by atomic mass is 19.1. The van der Waals surface area contributed by atoms with E-state index in [9.17, 15) is 14.0 Å². The second kappa shape index (κ2) is 9.54. The Balaban J connectivity index is 1.54. The Morgan fingerprint density at radius 2 is 1.55 bits per heavy atom. The van der Waals surface area contributed by atoms with Crippen LogP contribution in [0.5, 0.6) is 5.75 Å². The fourth-order valence-corrected chi connectivity index (χ4v) is 2.53. The van der Waals surface area contributed by atoms with Gasteiger partial charge in [0.25, 0.3) is 5.56 Å². The maximum atomic E-state index is 12.9. The number of hydrogen-bond acceptors (Lipinski definition) is 5. The molecule has 6 nitrogen and oxygen atoms in total. The third-order valence-electron chi connectivity index (χ3n) is 4.15. The van der Waals surface area contributed by atoms with E-state index in [4.69, 9.17) is 9.57 Å². The lowest BCUT2D eigenvalue weighted by atomic mass is 10.1. The fraction of sp³-hybridized carbons (Fsp3) is 0.182. The molecule has 0 aliphatic carbocycles. The molecule has 1 aromatic heterocycles. The van der Waals surface area contributed by atoms with Crippen LogP contribution < -0.4 is 15.1 Å². The maximum absolute atomic E-state index is 12.9. The molecule has 0 amide bonds. The Morgan fingerprint density at radius 1 is 0.931 bits per heavy atom. The Bertz CT molecular complexity index is 1010. The Labute approximate surface area is 167 Å². The van der Waals surface area contributed by atoms with Crippen LogP contribution in [0.3, 0.4) is 0 Å². The first-order valence-electron chi connectivity index (χ1n) is 8.91. The zero-order valence-corrected chi connectivity index (χ0v) is 15.8. The summed E-state index contributed by atoms with van der Waals surface area (Å²) < 4.78 is 24.2. The largest absolute Gasteiger partial charge is 0.489 e. The summed E-state index contributed by atoms with van der Waals surface area (Å²) in [5.74, 6) is -0.222. The average molecular weight is 397 g/mol. The number of pyridine rings is 1. The van der Waals surface area contributed by atoms with Gasteiger partial charge < -0.3 is 14.3 Å². The molecule has 0 bridgehead atoms. The molecule has 29 heavy (non-hydrogen) atoms. The molecule has 0 N–H and O–H groups in total. The van der Waals surface area contributed by atoms with Crippen molar-refractivity contribution in [3.05, 3.63) is 99.7 Å². The predicted octanol–water partition coefficient (Wildman–Crippen LogP) is 2.91. The SMILES string of the molecule is COC(=O)Cc1ccc(COn2ccc(OCc3ccc(F)cc3)cc2=O)cc1. The van der Waals surface area contributed by atoms with Gasteiger partial charge in [-0.05, 0) is 28.8 Å². The third kappa shape index (κ3) is 5.93. The van der Waals surface area contributed by atoms with Crippen LogP contribution in [0.15, 0.2) is 71.7 Å². The Morgan fingerprint density at radius 3 is 2.21 bits per heavy atom. The molecular formula is C22H20FNO5. The zero-order valence-electron chi connectivity index (χ0n) is 15.8. The van der Waals surface area contributed by atoms with Gasteiger partial charge in [0.15, 0.2) is 0 Å². The number of hydrogen-bond donors (Lipinski definition) is 0. The van der Waals surface area contributed by atoms with Crippen LogP contribution in [0.25, 0.3) is 0 Å². The summed E-state index contributed by atoms with van der Waals surface area (Å²) in [7, 11) is 1.35. The molecule has 0 atom stereocenters. The van der Waals surface area contributed by atoms with E-state index in [1.807, 2.05) is 24.3 Å². The highest BCUT2D eigenvalue weighted by Gasteiger charge is 2.05. The fourth-order valence-electron chi connectivity index (χ4n) is 2.53. The summed E-state index contributed by atoms with van der Waals surface area (Å²) in [6.07, 6.45) is 1.68. The van der Waals surface area contributed by atoms with Gasteiger partial charge in [0, 0.05) is 12.1 Å². The van der Waals surface area contributed by atoms with Gasteiger partial charge >= 0.3 is 5.97 Å². The van der Waals surface area contributed by atoms with Gasteiger partial charge in [-0.3, -0.25) is 9.59 Å². The summed E-state index contributed by atoms with van der Waals surface area (Å²) in [4.78, 5) is 29.0. The van der Waals surface area contributed by atoms with Crippen molar-refractivity contribution in [2.75, 3.05) is 7.11 Å². The van der Waals surface area contributed by atoms with Crippen LogP contribution in [-0.2, 0) is 29.2 Å². The number of carbonyl (C=O) groups excluding carboxylic acids is 1. The molecule has 2 aromatic carbocycles. The van der Waals surface area contributed by atoms with Crippen molar-refractivity contribution in [1.82, 2.24) is 4.73 Å². The maximum Gasteiger partial charge on any atom is 0.309 e. The molecule has 150 valence electrons. The van der Waals surface area contributed by atoms with Crippen LogP contribution >= 0.6 is 0 Å². The Kier molecular flexibility index (Phi) is 6.63. The van der Waals surface area contributed by atoms with Gasteiger partial charge in [-0.1, -0.05) is 36.4 Å². The summed E-state index contributed by atoms with van der Waals surface area (Å²) in [5.41, 5.74) is 2.11. The van der Waals surface area contributed by atoms with Gasteiger partial charge in [-0.2, -0.15) is 4.73 Å². The van der Waals surface area contributed by atoms with Gasteiger partial charge in [0.2, 0.25) is 0 Å². The zero-order chi connectivity index (χ0) is 20.6. The van der Waals surface area contributed by atoms with Crippen LogP contribution in [0.2, 0.25) is 0 Å². The van der Waals surface area contributed by atoms with Crippen molar-refractivity contribution in [2.45, 2.75) is 19.6 Å². The van der Waals surface area contributed by atoms with Crippen molar-refractivity contribution in [3.8, 4) is 5.75 Å². The lowest BCUT2D eigenvalue weighted by molar-refractivity contribution is -0.139. The van der Waals surface area contributed by atoms with E-state index in [0.717, 1.165) is 21.4 Å². The molecule has 7 heteroatoms. The molecule has 0 radical (unpaired) electrons. The second-order valence-electron chi connectivity index (χ2n) is 6.28. The first kappa shape index (κ1) is 20.1. The van der Waals surface area contributed by atoms with Gasteiger partial charge in [-0.25, -0.2) is 4.39 Å². The number of aromatic nitrogens is 1. The topological polar surface area (TPSA) is 66.8 Å². The molecule has 0 spiro atoms. The molecule has 1 heterocycles. The molecule has 0 fully saturated rings. The molecule has 3 aromatic rings. The number of esters is 1. The van der Waals surface area contributed by atoms with Gasteiger partial charge in [-0.15, -0.1) is 0 Å². The first-order chi connectivity index (χ1) is 14.0. The van der Waals surface area contributed by atoms with E-state index in [0.29, 0.717) is 5.75 Å². The van der Waals surface area contributed by atoms with E-state index < -0.39 is 0 Å². The smallest absolute Gasteiger partial charge is 0.309 e. The number of methoxy groups -OCH3 is 1. The minimum absolute atomic E-state index is 0.189. The van der Waals surface area contributed by atoms with Crippen LogP contribution in [0.4, 0.5) is 4.39 Å². The lowest BCUT2D eigenvalue weighted by Crippen LogP contribution is -2.25. The number of halogens is 1. The summed E-state index contributed by atoms with van der Waals surface area (Å²) in [6.45, 7) is 0.413. The molecule has 0 aliphatic heterocycles. The van der Waals surface area contributed by atoms with Crippen LogP contribution in [0.1, 0.15) is 16.7 Å². The number of ether oxygens (including phenoxy) is 2. The lowest BCUT2D eigenvalue weighted by Gasteiger charge is -2.10. The molecular weight excluding hydrogens is 377 g/mol. The minimum atomic E-state index is -0.371. The highest BCUT2D eigenvalue weighted by molar-refractivity contribution is 5.72. The summed E-state index contributed by atoms with van der Waals surface area (Å²) >= 11 is 0. The second-order valence-corrected chi connectivity index (χ2v) is 6.28. The highest BCUT2D eigenvalue weighted by Crippen LogP contribution is 2.11. The van der Waals surface area contributed by atoms with Gasteiger partial charge in [0.1, 0.15) is 24.8 Å². The molecule has 0 saturated heterocycles. The Hall–Kier alpha value is -3.61. The van der Waals surface area contributed by atoms with Crippen molar-refractivity contribution in [1.29, 1.82) is 0 Å². The monoisotopic (exact) mass is 397 g/mol. The minimum Gasteiger partial charge on any atom is -0.489 e. The number of nitrogens with zero attached hydrogens (tertiary/aromatic N) is 1. The predicted molar refractivity (Wildman–Crippen MR) is 104 cm³/mol. The average Bonchev–Trinajstić information content (AvgIpc) is 2.73. The van der Waals surface area contributed by atoms with E-state index in [1.54, 1.807) is 18.2 Å². The van der Waals surface area contributed by atoms with E-state index in [2.05, 4.69) is 4.74 Å². The number of benzene rings is 2. The molecule has 0 aliphatic rings. The normalized spacial score (nSPS) is 10.4. The van der Waals surface area contributed by atoms with Crippen molar-refractivity contribution >= 4 is 5.97 Å². The van der Waals surface area contributed by atoms with Crippen LogP contribution in [-0.4, -0.2) is 17.8 Å². The van der Waals surface area contributed by atoms with Crippen molar-refractivity contribution in [3.63, 3.8) is 0 Å². The third-order valence-corrected chi connectivity index (χ3v) is 4.15. The van der Waals surface area contributed by atoms with Crippen molar-refractivity contribution < 1.29 is 23.5 Å². The first-order valence-corrected chi connectivity index (χ1v) is 8.91. The van der Waals surface area contributed by atoms with Crippen molar-refractivity contribution in [2.24, 2.45) is 0 Å². The quantitative estimate of drug-likeness (QED) is 0.547. The molecule has 3 rings (SSSR count).